The molecule has 124 valence electrons. The highest BCUT2D eigenvalue weighted by Crippen LogP contribution is 2.26. The van der Waals surface area contributed by atoms with Gasteiger partial charge in [0.05, 0.1) is 18.1 Å². The van der Waals surface area contributed by atoms with Crippen molar-refractivity contribution in [3.63, 3.8) is 0 Å². The van der Waals surface area contributed by atoms with Gasteiger partial charge >= 0.3 is 0 Å². The Morgan fingerprint density at radius 2 is 2.26 bits per heavy atom. The Kier molecular flexibility index (Phi) is 4.43. The van der Waals surface area contributed by atoms with Crippen molar-refractivity contribution in [2.24, 2.45) is 0 Å². The van der Waals surface area contributed by atoms with Crippen LogP contribution in [0.1, 0.15) is 24.5 Å². The lowest BCUT2D eigenvalue weighted by Crippen LogP contribution is -2.40. The highest BCUT2D eigenvalue weighted by atomic mass is 32.2. The lowest BCUT2D eigenvalue weighted by atomic mass is 10.1. The van der Waals surface area contributed by atoms with Crippen LogP contribution >= 0.6 is 0 Å². The normalized spacial score (nSPS) is 22.0. The molecule has 2 aliphatic heterocycles. The highest BCUT2D eigenvalue weighted by Gasteiger charge is 2.33. The van der Waals surface area contributed by atoms with Crippen molar-refractivity contribution in [2.45, 2.75) is 25.8 Å². The number of amides is 1. The summed E-state index contributed by atoms with van der Waals surface area (Å²) in [7, 11) is -2.99. The monoisotopic (exact) mass is 335 g/mol. The SMILES string of the molecule is CCN(C(=O)/C=C/c1ccc2c(c1)CCO2)C1CCS(=O)(=O)C1. The summed E-state index contributed by atoms with van der Waals surface area (Å²) in [5, 5.41) is 0. The van der Waals surface area contributed by atoms with E-state index in [0.717, 1.165) is 23.3 Å². The maximum Gasteiger partial charge on any atom is 0.246 e. The summed E-state index contributed by atoms with van der Waals surface area (Å²) in [6.07, 6.45) is 4.75. The fraction of sp³-hybridized carbons (Fsp3) is 0.471. The Hall–Kier alpha value is -1.82. The van der Waals surface area contributed by atoms with Crippen molar-refractivity contribution in [1.82, 2.24) is 4.90 Å². The average Bonchev–Trinajstić information content (AvgIpc) is 3.11. The van der Waals surface area contributed by atoms with E-state index in [1.807, 2.05) is 25.1 Å². The molecule has 2 aliphatic rings. The second-order valence-corrected chi connectivity index (χ2v) is 8.21. The summed E-state index contributed by atoms with van der Waals surface area (Å²) in [6, 6.07) is 5.68. The number of benzene rings is 1. The van der Waals surface area contributed by atoms with Crippen molar-refractivity contribution < 1.29 is 17.9 Å². The van der Waals surface area contributed by atoms with E-state index in [1.165, 1.54) is 6.08 Å². The maximum atomic E-state index is 12.4. The second-order valence-electron chi connectivity index (χ2n) is 5.98. The van der Waals surface area contributed by atoms with Gasteiger partial charge in [0.1, 0.15) is 5.75 Å². The van der Waals surface area contributed by atoms with Crippen molar-refractivity contribution >= 4 is 21.8 Å². The smallest absolute Gasteiger partial charge is 0.246 e. The molecule has 1 amide bonds. The first-order valence-corrected chi connectivity index (χ1v) is 9.75. The number of rotatable bonds is 4. The van der Waals surface area contributed by atoms with Crippen LogP contribution in [-0.4, -0.2) is 49.9 Å². The molecule has 1 saturated heterocycles. The lowest BCUT2D eigenvalue weighted by Gasteiger charge is -2.25. The molecule has 0 bridgehead atoms. The summed E-state index contributed by atoms with van der Waals surface area (Å²) in [5.74, 6) is 1.04. The molecule has 0 N–H and O–H groups in total. The van der Waals surface area contributed by atoms with Gasteiger partial charge in [0.25, 0.3) is 0 Å². The quantitative estimate of drug-likeness (QED) is 0.785. The summed E-state index contributed by atoms with van der Waals surface area (Å²) in [4.78, 5) is 14.0. The zero-order valence-corrected chi connectivity index (χ0v) is 14.0. The number of hydrogen-bond donors (Lipinski definition) is 0. The largest absolute Gasteiger partial charge is 0.493 e. The summed E-state index contributed by atoms with van der Waals surface area (Å²) >= 11 is 0. The Labute approximate surface area is 136 Å². The van der Waals surface area contributed by atoms with Crippen LogP contribution in [0.15, 0.2) is 24.3 Å². The molecular formula is C17H21NO4S. The van der Waals surface area contributed by atoms with Crippen LogP contribution in [-0.2, 0) is 21.1 Å². The van der Waals surface area contributed by atoms with Crippen molar-refractivity contribution in [3.8, 4) is 5.75 Å². The van der Waals surface area contributed by atoms with E-state index in [9.17, 15) is 13.2 Å². The second kappa shape index (κ2) is 6.35. The number of fused-ring (bicyclic) bond motifs is 1. The maximum absolute atomic E-state index is 12.4. The van der Waals surface area contributed by atoms with Gasteiger partial charge < -0.3 is 9.64 Å². The van der Waals surface area contributed by atoms with Gasteiger partial charge in [-0.05, 0) is 42.7 Å². The molecule has 0 aromatic heterocycles. The molecule has 5 nitrogen and oxygen atoms in total. The van der Waals surface area contributed by atoms with Crippen molar-refractivity contribution in [2.75, 3.05) is 24.7 Å². The Bertz CT molecular complexity index is 739. The molecule has 0 saturated carbocycles. The van der Waals surface area contributed by atoms with Gasteiger partial charge in [-0.15, -0.1) is 0 Å². The molecule has 0 spiro atoms. The van der Waals surface area contributed by atoms with Crippen LogP contribution in [0.5, 0.6) is 5.75 Å². The molecule has 1 atom stereocenters. The van der Waals surface area contributed by atoms with E-state index in [4.69, 9.17) is 4.74 Å². The van der Waals surface area contributed by atoms with Gasteiger partial charge in [-0.25, -0.2) is 8.42 Å². The van der Waals surface area contributed by atoms with Crippen LogP contribution in [0.2, 0.25) is 0 Å². The Morgan fingerprint density at radius 3 is 2.96 bits per heavy atom. The molecule has 1 fully saturated rings. The molecule has 2 heterocycles. The van der Waals surface area contributed by atoms with Gasteiger partial charge in [-0.3, -0.25) is 4.79 Å². The number of carbonyl (C=O) groups excluding carboxylic acids is 1. The predicted molar refractivity (Wildman–Crippen MR) is 89.1 cm³/mol. The molecular weight excluding hydrogens is 314 g/mol. The topological polar surface area (TPSA) is 63.7 Å². The third-order valence-electron chi connectivity index (χ3n) is 4.40. The Balaban J connectivity index is 1.69. The molecule has 0 aliphatic carbocycles. The number of carbonyl (C=O) groups is 1. The molecule has 6 heteroatoms. The minimum absolute atomic E-state index is 0.0800. The van der Waals surface area contributed by atoms with E-state index in [0.29, 0.717) is 19.6 Å². The summed E-state index contributed by atoms with van der Waals surface area (Å²) in [5.41, 5.74) is 2.12. The van der Waals surface area contributed by atoms with Crippen LogP contribution in [0.3, 0.4) is 0 Å². The van der Waals surface area contributed by atoms with E-state index >= 15 is 0 Å². The zero-order chi connectivity index (χ0) is 16.4. The molecule has 3 rings (SSSR count). The highest BCUT2D eigenvalue weighted by molar-refractivity contribution is 7.91. The van der Waals surface area contributed by atoms with Crippen LogP contribution in [0.4, 0.5) is 0 Å². The fourth-order valence-electron chi connectivity index (χ4n) is 3.19. The minimum atomic E-state index is -2.99. The average molecular weight is 335 g/mol. The number of sulfone groups is 1. The van der Waals surface area contributed by atoms with E-state index in [1.54, 1.807) is 11.0 Å². The molecule has 1 aromatic carbocycles. The number of hydrogen-bond acceptors (Lipinski definition) is 4. The van der Waals surface area contributed by atoms with Crippen LogP contribution in [0.25, 0.3) is 6.08 Å². The number of likely N-dealkylation sites (N-methyl/N-ethyl adjacent to an activating group) is 1. The lowest BCUT2D eigenvalue weighted by molar-refractivity contribution is -0.127. The standard InChI is InChI=1S/C17H21NO4S/c1-2-18(15-8-10-23(20,21)12-15)17(19)6-4-13-3-5-16-14(11-13)7-9-22-16/h3-6,11,15H,2,7-10,12H2,1H3/b6-4+. The number of ether oxygens (including phenoxy) is 1. The van der Waals surface area contributed by atoms with Gasteiger partial charge in [0.2, 0.25) is 5.91 Å². The molecule has 0 radical (unpaired) electrons. The van der Waals surface area contributed by atoms with E-state index in [2.05, 4.69) is 0 Å². The summed E-state index contributed by atoms with van der Waals surface area (Å²) in [6.45, 7) is 3.10. The molecule has 1 unspecified atom stereocenters. The van der Waals surface area contributed by atoms with Crippen LogP contribution in [0, 0.1) is 0 Å². The van der Waals surface area contributed by atoms with Gasteiger partial charge in [0.15, 0.2) is 9.84 Å². The summed E-state index contributed by atoms with van der Waals surface area (Å²) < 4.78 is 28.7. The third kappa shape index (κ3) is 3.58. The predicted octanol–water partition coefficient (Wildman–Crippen LogP) is 1.67. The first kappa shape index (κ1) is 16.1. The van der Waals surface area contributed by atoms with Crippen molar-refractivity contribution in [1.29, 1.82) is 0 Å². The fourth-order valence-corrected chi connectivity index (χ4v) is 4.92. The zero-order valence-electron chi connectivity index (χ0n) is 13.2. The van der Waals surface area contributed by atoms with Gasteiger partial charge in [0, 0.05) is 25.1 Å². The number of nitrogens with zero attached hydrogens (tertiary/aromatic N) is 1. The van der Waals surface area contributed by atoms with Gasteiger partial charge in [-0.2, -0.15) is 0 Å². The van der Waals surface area contributed by atoms with Crippen LogP contribution < -0.4 is 4.74 Å². The van der Waals surface area contributed by atoms with E-state index < -0.39 is 9.84 Å². The third-order valence-corrected chi connectivity index (χ3v) is 6.16. The van der Waals surface area contributed by atoms with Crippen molar-refractivity contribution in [3.05, 3.63) is 35.4 Å². The first-order valence-electron chi connectivity index (χ1n) is 7.93. The Morgan fingerprint density at radius 1 is 1.43 bits per heavy atom. The van der Waals surface area contributed by atoms with Gasteiger partial charge in [-0.1, -0.05) is 6.07 Å². The first-order chi connectivity index (χ1) is 11.0. The molecule has 1 aromatic rings. The molecule has 23 heavy (non-hydrogen) atoms. The van der Waals surface area contributed by atoms with E-state index in [-0.39, 0.29) is 23.5 Å². The minimum Gasteiger partial charge on any atom is -0.493 e.